The van der Waals surface area contributed by atoms with Gasteiger partial charge in [-0.3, -0.25) is 4.79 Å². The van der Waals surface area contributed by atoms with Gasteiger partial charge in [0.15, 0.2) is 11.9 Å². The highest BCUT2D eigenvalue weighted by molar-refractivity contribution is 6.32. The van der Waals surface area contributed by atoms with E-state index in [9.17, 15) is 4.79 Å². The Morgan fingerprint density at radius 1 is 1.65 bits per heavy atom. The van der Waals surface area contributed by atoms with E-state index in [4.69, 9.17) is 27.3 Å². The Bertz CT molecular complexity index is 498. The SMILES string of the molecule is N#C[C@@H](N)C[C@@H]1Oc2c(Cl)cccc2NC1=O. The molecular formula is C11H10ClN3O2. The fourth-order valence-electron chi connectivity index (χ4n) is 1.57. The lowest BCUT2D eigenvalue weighted by Crippen LogP contribution is -2.41. The molecule has 2 atom stereocenters. The van der Waals surface area contributed by atoms with Gasteiger partial charge in [0.2, 0.25) is 0 Å². The molecule has 0 radical (unpaired) electrons. The number of hydrogen-bond donors (Lipinski definition) is 2. The molecule has 0 saturated heterocycles. The van der Waals surface area contributed by atoms with E-state index in [1.54, 1.807) is 18.2 Å². The Kier molecular flexibility index (Phi) is 3.18. The third-order valence-corrected chi connectivity index (χ3v) is 2.71. The molecule has 0 spiro atoms. The van der Waals surface area contributed by atoms with Crippen LogP contribution in [0.15, 0.2) is 18.2 Å². The molecule has 1 aromatic rings. The molecule has 0 fully saturated rings. The predicted octanol–water partition coefficient (Wildman–Crippen LogP) is 1.28. The largest absolute Gasteiger partial charge is 0.477 e. The smallest absolute Gasteiger partial charge is 0.265 e. The minimum absolute atomic E-state index is 0.132. The summed E-state index contributed by atoms with van der Waals surface area (Å²) in [7, 11) is 0. The number of nitrogens with zero attached hydrogens (tertiary/aromatic N) is 1. The van der Waals surface area contributed by atoms with Crippen molar-refractivity contribution in [2.45, 2.75) is 18.6 Å². The van der Waals surface area contributed by atoms with Crippen molar-refractivity contribution < 1.29 is 9.53 Å². The summed E-state index contributed by atoms with van der Waals surface area (Å²) < 4.78 is 5.47. The van der Waals surface area contributed by atoms with Gasteiger partial charge in [-0.05, 0) is 12.1 Å². The summed E-state index contributed by atoms with van der Waals surface area (Å²) in [5.74, 6) is 0.106. The first-order valence-electron chi connectivity index (χ1n) is 5.03. The standard InChI is InChI=1S/C11H10ClN3O2/c12-7-2-1-3-8-10(7)17-9(11(16)15-8)4-6(14)5-13/h1-3,6,9H,4,14H2,(H,15,16)/t6-,9-/m0/s1. The molecule has 88 valence electrons. The van der Waals surface area contributed by atoms with E-state index in [1.807, 2.05) is 6.07 Å². The zero-order chi connectivity index (χ0) is 12.4. The predicted molar refractivity (Wildman–Crippen MR) is 62.7 cm³/mol. The highest BCUT2D eigenvalue weighted by Crippen LogP contribution is 2.36. The number of fused-ring (bicyclic) bond motifs is 1. The molecule has 5 nitrogen and oxygen atoms in total. The number of nitrogens with one attached hydrogen (secondary N) is 1. The minimum Gasteiger partial charge on any atom is -0.477 e. The number of carbonyl (C=O) groups is 1. The number of anilines is 1. The normalized spacial score (nSPS) is 19.6. The van der Waals surface area contributed by atoms with Crippen LogP contribution in [0.3, 0.4) is 0 Å². The van der Waals surface area contributed by atoms with Crippen LogP contribution < -0.4 is 15.8 Å². The van der Waals surface area contributed by atoms with Crippen molar-refractivity contribution in [1.82, 2.24) is 0 Å². The Morgan fingerprint density at radius 2 is 2.41 bits per heavy atom. The third-order valence-electron chi connectivity index (χ3n) is 2.41. The average Bonchev–Trinajstić information content (AvgIpc) is 2.31. The number of nitrogens with two attached hydrogens (primary N) is 1. The number of rotatable bonds is 2. The average molecular weight is 252 g/mol. The van der Waals surface area contributed by atoms with E-state index in [0.29, 0.717) is 16.5 Å². The van der Waals surface area contributed by atoms with E-state index >= 15 is 0 Å². The van der Waals surface area contributed by atoms with Crippen molar-refractivity contribution >= 4 is 23.2 Å². The number of amides is 1. The molecule has 3 N–H and O–H groups in total. The molecule has 17 heavy (non-hydrogen) atoms. The van der Waals surface area contributed by atoms with Crippen LogP contribution in [0.5, 0.6) is 5.75 Å². The van der Waals surface area contributed by atoms with E-state index in [1.165, 1.54) is 0 Å². The topological polar surface area (TPSA) is 88.1 Å². The van der Waals surface area contributed by atoms with Gasteiger partial charge in [0.25, 0.3) is 5.91 Å². The summed E-state index contributed by atoms with van der Waals surface area (Å²) >= 11 is 5.95. The Labute approximate surface area is 103 Å². The third kappa shape index (κ3) is 2.33. The molecule has 1 amide bonds. The van der Waals surface area contributed by atoms with Gasteiger partial charge in [-0.15, -0.1) is 0 Å². The van der Waals surface area contributed by atoms with Crippen LogP contribution in [0.4, 0.5) is 5.69 Å². The fourth-order valence-corrected chi connectivity index (χ4v) is 1.79. The Balaban J connectivity index is 2.23. The second-order valence-electron chi connectivity index (χ2n) is 3.68. The number of carbonyl (C=O) groups excluding carboxylic acids is 1. The molecule has 0 bridgehead atoms. The lowest BCUT2D eigenvalue weighted by Gasteiger charge is -2.26. The fraction of sp³-hybridized carbons (Fsp3) is 0.273. The van der Waals surface area contributed by atoms with Crippen molar-refractivity contribution in [3.05, 3.63) is 23.2 Å². The van der Waals surface area contributed by atoms with Crippen molar-refractivity contribution in [2.75, 3.05) is 5.32 Å². The van der Waals surface area contributed by atoms with Crippen molar-refractivity contribution in [1.29, 1.82) is 5.26 Å². The van der Waals surface area contributed by atoms with Gasteiger partial charge >= 0.3 is 0 Å². The molecule has 0 aliphatic carbocycles. The molecule has 6 heteroatoms. The maximum atomic E-state index is 11.7. The second-order valence-corrected chi connectivity index (χ2v) is 4.09. The first kappa shape index (κ1) is 11.7. The molecule has 1 aliphatic heterocycles. The Hall–Kier alpha value is -1.77. The molecule has 0 saturated carbocycles. The van der Waals surface area contributed by atoms with Gasteiger partial charge in [-0.1, -0.05) is 17.7 Å². The Morgan fingerprint density at radius 3 is 3.12 bits per heavy atom. The summed E-state index contributed by atoms with van der Waals surface area (Å²) in [4.78, 5) is 11.7. The van der Waals surface area contributed by atoms with Gasteiger partial charge in [0.05, 0.1) is 22.8 Å². The number of para-hydroxylation sites is 1. The quantitative estimate of drug-likeness (QED) is 0.829. The molecule has 1 aromatic carbocycles. The van der Waals surface area contributed by atoms with E-state index < -0.39 is 12.1 Å². The molecule has 1 aliphatic rings. The minimum atomic E-state index is -0.781. The van der Waals surface area contributed by atoms with Crippen LogP contribution in [0.25, 0.3) is 0 Å². The van der Waals surface area contributed by atoms with Crippen molar-refractivity contribution in [3.8, 4) is 11.8 Å². The van der Waals surface area contributed by atoms with Gasteiger partial charge in [0, 0.05) is 6.42 Å². The van der Waals surface area contributed by atoms with E-state index in [0.717, 1.165) is 0 Å². The number of hydrogen-bond acceptors (Lipinski definition) is 4. The summed E-state index contributed by atoms with van der Waals surface area (Å²) in [6, 6.07) is 6.19. The maximum Gasteiger partial charge on any atom is 0.265 e. The van der Waals surface area contributed by atoms with E-state index in [-0.39, 0.29) is 12.3 Å². The molecule has 0 unspecified atom stereocenters. The lowest BCUT2D eigenvalue weighted by molar-refractivity contribution is -0.123. The van der Waals surface area contributed by atoms with E-state index in [2.05, 4.69) is 5.32 Å². The maximum absolute atomic E-state index is 11.7. The molecule has 1 heterocycles. The summed E-state index contributed by atoms with van der Waals surface area (Å²) in [5, 5.41) is 11.7. The van der Waals surface area contributed by atoms with Crippen LogP contribution in [-0.4, -0.2) is 18.1 Å². The van der Waals surface area contributed by atoms with Gasteiger partial charge in [0.1, 0.15) is 0 Å². The number of nitriles is 1. The first-order chi connectivity index (χ1) is 8.11. The second kappa shape index (κ2) is 4.62. The molecule has 0 aromatic heterocycles. The molecule has 2 rings (SSSR count). The zero-order valence-corrected chi connectivity index (χ0v) is 9.57. The van der Waals surface area contributed by atoms with Crippen LogP contribution in [0.2, 0.25) is 5.02 Å². The van der Waals surface area contributed by atoms with Crippen LogP contribution >= 0.6 is 11.6 Å². The van der Waals surface area contributed by atoms with Crippen molar-refractivity contribution in [3.63, 3.8) is 0 Å². The highest BCUT2D eigenvalue weighted by atomic mass is 35.5. The van der Waals surface area contributed by atoms with Crippen LogP contribution in [0.1, 0.15) is 6.42 Å². The van der Waals surface area contributed by atoms with Crippen LogP contribution in [0, 0.1) is 11.3 Å². The van der Waals surface area contributed by atoms with Gasteiger partial charge in [-0.2, -0.15) is 5.26 Å². The highest BCUT2D eigenvalue weighted by Gasteiger charge is 2.30. The lowest BCUT2D eigenvalue weighted by atomic mass is 10.1. The summed E-state index contributed by atoms with van der Waals surface area (Å²) in [6.07, 6.45) is -0.649. The van der Waals surface area contributed by atoms with Gasteiger partial charge in [-0.25, -0.2) is 0 Å². The van der Waals surface area contributed by atoms with Crippen LogP contribution in [-0.2, 0) is 4.79 Å². The van der Waals surface area contributed by atoms with Crippen molar-refractivity contribution in [2.24, 2.45) is 5.73 Å². The summed E-state index contributed by atoms with van der Waals surface area (Å²) in [6.45, 7) is 0. The number of halogens is 1. The van der Waals surface area contributed by atoms with Gasteiger partial charge < -0.3 is 15.8 Å². The monoisotopic (exact) mass is 251 g/mol. The number of benzene rings is 1. The first-order valence-corrected chi connectivity index (χ1v) is 5.41. The zero-order valence-electron chi connectivity index (χ0n) is 8.81. The summed E-state index contributed by atoms with van der Waals surface area (Å²) in [5.41, 5.74) is 6.00. The molecular weight excluding hydrogens is 242 g/mol. The number of ether oxygens (including phenoxy) is 1.